The van der Waals surface area contributed by atoms with Crippen LogP contribution in [-0.4, -0.2) is 38.4 Å². The molecule has 0 radical (unpaired) electrons. The summed E-state index contributed by atoms with van der Waals surface area (Å²) in [7, 11) is 0. The highest BCUT2D eigenvalue weighted by Gasteiger charge is 2.31. The molecule has 5 nitrogen and oxygen atoms in total. The van der Waals surface area contributed by atoms with E-state index in [2.05, 4.69) is 13.5 Å². The van der Waals surface area contributed by atoms with Gasteiger partial charge in [-0.15, -0.1) is 0 Å². The number of carbonyl (C=O) groups is 1. The first-order chi connectivity index (χ1) is 13.4. The van der Waals surface area contributed by atoms with E-state index < -0.39 is 5.97 Å². The van der Waals surface area contributed by atoms with E-state index in [1.807, 2.05) is 20.8 Å². The summed E-state index contributed by atoms with van der Waals surface area (Å²) in [5.41, 5.74) is 0.465. The average Bonchev–Trinajstić information content (AvgIpc) is 2.65. The van der Waals surface area contributed by atoms with Crippen molar-refractivity contribution in [1.82, 2.24) is 0 Å². The summed E-state index contributed by atoms with van der Waals surface area (Å²) in [4.78, 5) is 11.4. The highest BCUT2D eigenvalue weighted by atomic mass is 16.9. The van der Waals surface area contributed by atoms with Gasteiger partial charge in [-0.3, -0.25) is 0 Å². The normalized spacial score (nSPS) is 12.8. The first kappa shape index (κ1) is 27.1. The molecule has 1 unspecified atom stereocenters. The van der Waals surface area contributed by atoms with Crippen LogP contribution in [0.3, 0.4) is 0 Å². The Morgan fingerprint density at radius 3 is 1.93 bits per heavy atom. The first-order valence-electron chi connectivity index (χ1n) is 11.2. The van der Waals surface area contributed by atoms with Crippen molar-refractivity contribution in [1.29, 1.82) is 0 Å². The molecule has 0 amide bonds. The maximum atomic E-state index is 11.4. The zero-order valence-electron chi connectivity index (χ0n) is 19.0. The van der Waals surface area contributed by atoms with Crippen molar-refractivity contribution in [3.8, 4) is 0 Å². The van der Waals surface area contributed by atoms with Crippen LogP contribution in [0, 0.1) is 5.92 Å². The molecule has 0 fully saturated rings. The molecule has 1 atom stereocenters. The molecule has 0 spiro atoms. The molecule has 166 valence electrons. The monoisotopic (exact) mass is 400 g/mol. The zero-order valence-corrected chi connectivity index (χ0v) is 19.0. The van der Waals surface area contributed by atoms with Crippen molar-refractivity contribution in [2.45, 2.75) is 98.4 Å². The summed E-state index contributed by atoms with van der Waals surface area (Å²) < 4.78 is 22.6. The van der Waals surface area contributed by atoms with E-state index in [0.29, 0.717) is 37.9 Å². The number of hydrogen-bond donors (Lipinski definition) is 0. The third-order valence-electron chi connectivity index (χ3n) is 4.72. The number of ether oxygens (including phenoxy) is 4. The van der Waals surface area contributed by atoms with E-state index in [1.165, 1.54) is 25.7 Å². The summed E-state index contributed by atoms with van der Waals surface area (Å²) in [6.07, 6.45) is 9.79. The summed E-state index contributed by atoms with van der Waals surface area (Å²) in [6, 6.07) is 0. The van der Waals surface area contributed by atoms with Crippen molar-refractivity contribution in [3.63, 3.8) is 0 Å². The number of carbonyl (C=O) groups excluding carboxylic acids is 1. The molecule has 28 heavy (non-hydrogen) atoms. The van der Waals surface area contributed by atoms with E-state index in [9.17, 15) is 4.79 Å². The average molecular weight is 401 g/mol. The largest absolute Gasteiger partial charge is 0.462 e. The van der Waals surface area contributed by atoms with E-state index in [1.54, 1.807) is 6.92 Å². The first-order valence-corrected chi connectivity index (χ1v) is 11.2. The Labute approximate surface area is 173 Å². The van der Waals surface area contributed by atoms with Gasteiger partial charge in [0.1, 0.15) is 0 Å². The van der Waals surface area contributed by atoms with Crippen LogP contribution in [0.5, 0.6) is 0 Å². The van der Waals surface area contributed by atoms with Gasteiger partial charge < -0.3 is 18.9 Å². The van der Waals surface area contributed by atoms with Crippen LogP contribution in [0.15, 0.2) is 12.2 Å². The minimum Gasteiger partial charge on any atom is -0.462 e. The molecule has 0 bridgehead atoms. The maximum absolute atomic E-state index is 11.4. The van der Waals surface area contributed by atoms with Crippen molar-refractivity contribution in [2.75, 3.05) is 26.4 Å². The van der Waals surface area contributed by atoms with Gasteiger partial charge in [-0.1, -0.05) is 45.6 Å². The summed E-state index contributed by atoms with van der Waals surface area (Å²) in [5.74, 6) is -0.466. The quantitative estimate of drug-likeness (QED) is 0.115. The molecule has 5 heteroatoms. The zero-order chi connectivity index (χ0) is 21.3. The summed E-state index contributed by atoms with van der Waals surface area (Å²) in [5, 5.41) is 0. The van der Waals surface area contributed by atoms with Gasteiger partial charge >= 0.3 is 5.97 Å². The Kier molecular flexibility index (Phi) is 16.4. The van der Waals surface area contributed by atoms with Gasteiger partial charge in [0.25, 0.3) is 5.97 Å². The van der Waals surface area contributed by atoms with Crippen molar-refractivity contribution in [2.24, 2.45) is 5.92 Å². The molecule has 0 aromatic rings. The minimum atomic E-state index is -0.881. The van der Waals surface area contributed by atoms with Crippen molar-refractivity contribution in [3.05, 3.63) is 12.2 Å². The van der Waals surface area contributed by atoms with Gasteiger partial charge in [-0.05, 0) is 52.9 Å². The van der Waals surface area contributed by atoms with Crippen molar-refractivity contribution >= 4 is 5.97 Å². The van der Waals surface area contributed by atoms with Crippen LogP contribution in [0.2, 0.25) is 0 Å². The van der Waals surface area contributed by atoms with Crippen LogP contribution in [0.4, 0.5) is 0 Å². The smallest absolute Gasteiger partial charge is 0.333 e. The Morgan fingerprint density at radius 1 is 0.857 bits per heavy atom. The van der Waals surface area contributed by atoms with Gasteiger partial charge in [0.2, 0.25) is 0 Å². The lowest BCUT2D eigenvalue weighted by Gasteiger charge is -2.32. The minimum absolute atomic E-state index is 0.284. The number of unbranched alkanes of at least 4 members (excludes halogenated alkanes) is 2. The molecule has 0 saturated carbocycles. The SMILES string of the molecule is C=C(C)C(=O)OCCCC(CCC)CCCCCC(OCC)(OCC)OCC. The number of esters is 1. The molecule has 0 aliphatic heterocycles. The van der Waals surface area contributed by atoms with Gasteiger partial charge in [0, 0.05) is 31.8 Å². The standard InChI is InChI=1S/C23H44O5/c1-7-15-21(17-14-19-25-22(24)20(5)6)16-12-11-13-18-23(26-8-2,27-9-3)28-10-4/h21H,5,7-19H2,1-4,6H3. The highest BCUT2D eigenvalue weighted by molar-refractivity contribution is 5.86. The fraction of sp³-hybridized carbons (Fsp3) is 0.870. The molecule has 0 N–H and O–H groups in total. The van der Waals surface area contributed by atoms with E-state index in [0.717, 1.165) is 32.1 Å². The predicted octanol–water partition coefficient (Wildman–Crippen LogP) is 6.02. The van der Waals surface area contributed by atoms with Gasteiger partial charge in [-0.2, -0.15) is 0 Å². The third-order valence-corrected chi connectivity index (χ3v) is 4.72. The lowest BCUT2D eigenvalue weighted by molar-refractivity contribution is -0.380. The third kappa shape index (κ3) is 12.5. The Bertz CT molecular complexity index is 391. The fourth-order valence-corrected chi connectivity index (χ4v) is 3.45. The van der Waals surface area contributed by atoms with Gasteiger partial charge in [0.05, 0.1) is 6.61 Å². The second-order valence-corrected chi connectivity index (χ2v) is 7.29. The second-order valence-electron chi connectivity index (χ2n) is 7.29. The Balaban J connectivity index is 4.18. The van der Waals surface area contributed by atoms with Gasteiger partial charge in [0.15, 0.2) is 0 Å². The molecule has 0 rings (SSSR count). The lowest BCUT2D eigenvalue weighted by Crippen LogP contribution is -2.39. The molecule has 0 heterocycles. The number of rotatable bonds is 19. The Hall–Kier alpha value is -0.910. The van der Waals surface area contributed by atoms with Gasteiger partial charge in [-0.25, -0.2) is 4.79 Å². The summed E-state index contributed by atoms with van der Waals surface area (Å²) >= 11 is 0. The molecular formula is C23H44O5. The highest BCUT2D eigenvalue weighted by Crippen LogP contribution is 2.26. The van der Waals surface area contributed by atoms with Crippen LogP contribution >= 0.6 is 0 Å². The van der Waals surface area contributed by atoms with E-state index in [4.69, 9.17) is 18.9 Å². The maximum Gasteiger partial charge on any atom is 0.333 e. The van der Waals surface area contributed by atoms with Crippen LogP contribution < -0.4 is 0 Å². The Morgan fingerprint density at radius 2 is 1.43 bits per heavy atom. The van der Waals surface area contributed by atoms with Crippen LogP contribution in [0.25, 0.3) is 0 Å². The molecule has 0 aliphatic rings. The summed E-state index contributed by atoms with van der Waals surface area (Å²) in [6.45, 7) is 15.6. The molecule has 0 saturated heterocycles. The van der Waals surface area contributed by atoms with Crippen LogP contribution in [-0.2, 0) is 23.7 Å². The molecular weight excluding hydrogens is 356 g/mol. The second kappa shape index (κ2) is 17.0. The van der Waals surface area contributed by atoms with E-state index >= 15 is 0 Å². The molecule has 0 aromatic heterocycles. The lowest BCUT2D eigenvalue weighted by atomic mass is 9.92. The predicted molar refractivity (Wildman–Crippen MR) is 114 cm³/mol. The molecule has 0 aliphatic carbocycles. The topological polar surface area (TPSA) is 54.0 Å². The van der Waals surface area contributed by atoms with Crippen LogP contribution in [0.1, 0.15) is 92.4 Å². The number of hydrogen-bond acceptors (Lipinski definition) is 5. The fourth-order valence-electron chi connectivity index (χ4n) is 3.45. The molecule has 0 aromatic carbocycles. The van der Waals surface area contributed by atoms with Crippen molar-refractivity contribution < 1.29 is 23.7 Å². The van der Waals surface area contributed by atoms with E-state index in [-0.39, 0.29) is 5.97 Å².